The highest BCUT2D eigenvalue weighted by molar-refractivity contribution is 9.10. The molecule has 25 heavy (non-hydrogen) atoms. The predicted molar refractivity (Wildman–Crippen MR) is 86.1 cm³/mol. The van der Waals surface area contributed by atoms with Gasteiger partial charge in [-0.05, 0) is 34.1 Å². The fourth-order valence-electron chi connectivity index (χ4n) is 1.74. The molecule has 2 aromatic rings. The van der Waals surface area contributed by atoms with Crippen molar-refractivity contribution in [3.8, 4) is 0 Å². The minimum absolute atomic E-state index is 0.0434. The maximum Gasteiger partial charge on any atom is 0.416 e. The number of nitrogens with zero attached hydrogens (tertiary/aromatic N) is 2. The van der Waals surface area contributed by atoms with E-state index in [2.05, 4.69) is 31.8 Å². The third-order valence-electron chi connectivity index (χ3n) is 2.88. The van der Waals surface area contributed by atoms with Crippen LogP contribution < -0.4 is 10.9 Å². The van der Waals surface area contributed by atoms with Crippen LogP contribution in [-0.4, -0.2) is 15.8 Å². The molecule has 0 aliphatic carbocycles. The molecule has 1 heterocycles. The highest BCUT2D eigenvalue weighted by Gasteiger charge is 2.33. The summed E-state index contributed by atoms with van der Waals surface area (Å²) in [6.07, 6.45) is -3.38. The number of hydrazine groups is 1. The minimum Gasteiger partial charge on any atom is -0.292 e. The van der Waals surface area contributed by atoms with E-state index >= 15 is 0 Å². The summed E-state index contributed by atoms with van der Waals surface area (Å²) in [5.74, 6) is -0.784. The standard InChI is InChI=1S/C13H7BrClF3N4O3/c14-7-4-8(11(15)19-5-7)12(23)21-20-9-2-1-6(13(16,17)18)3-10(9)22(24)25/h1-5,20H,(H,21,23). The molecule has 0 saturated heterocycles. The molecule has 1 aromatic carbocycles. The summed E-state index contributed by atoms with van der Waals surface area (Å²) in [4.78, 5) is 25.7. The van der Waals surface area contributed by atoms with Crippen molar-refractivity contribution in [2.75, 3.05) is 5.43 Å². The van der Waals surface area contributed by atoms with Crippen LogP contribution in [0.15, 0.2) is 34.9 Å². The van der Waals surface area contributed by atoms with Crippen molar-refractivity contribution in [3.05, 3.63) is 61.3 Å². The number of nitrogens with one attached hydrogen (secondary N) is 2. The van der Waals surface area contributed by atoms with Crippen LogP contribution in [0, 0.1) is 10.1 Å². The van der Waals surface area contributed by atoms with Crippen LogP contribution in [-0.2, 0) is 6.18 Å². The predicted octanol–water partition coefficient (Wildman–Crippen LogP) is 4.18. The molecule has 0 unspecified atom stereocenters. The van der Waals surface area contributed by atoms with Gasteiger partial charge in [-0.1, -0.05) is 11.6 Å². The molecule has 2 N–H and O–H groups in total. The van der Waals surface area contributed by atoms with Gasteiger partial charge in [0.2, 0.25) is 0 Å². The fourth-order valence-corrected chi connectivity index (χ4v) is 2.26. The van der Waals surface area contributed by atoms with Gasteiger partial charge in [-0.15, -0.1) is 0 Å². The summed E-state index contributed by atoms with van der Waals surface area (Å²) in [7, 11) is 0. The van der Waals surface area contributed by atoms with E-state index in [1.165, 1.54) is 12.3 Å². The first kappa shape index (κ1) is 18.9. The van der Waals surface area contributed by atoms with Crippen LogP contribution in [0.3, 0.4) is 0 Å². The summed E-state index contributed by atoms with van der Waals surface area (Å²) in [5.41, 5.74) is 1.92. The molecule has 12 heteroatoms. The Kier molecular flexibility index (Phi) is 5.48. The average molecular weight is 440 g/mol. The molecule has 0 radical (unpaired) electrons. The van der Waals surface area contributed by atoms with Crippen molar-refractivity contribution in [2.45, 2.75) is 6.18 Å². The lowest BCUT2D eigenvalue weighted by molar-refractivity contribution is -0.384. The Morgan fingerprint density at radius 2 is 2.00 bits per heavy atom. The maximum absolute atomic E-state index is 12.6. The molecule has 0 spiro atoms. The number of alkyl halides is 3. The van der Waals surface area contributed by atoms with Gasteiger partial charge in [-0.2, -0.15) is 13.2 Å². The van der Waals surface area contributed by atoms with Gasteiger partial charge < -0.3 is 0 Å². The number of anilines is 1. The molecular weight excluding hydrogens is 433 g/mol. The van der Waals surface area contributed by atoms with E-state index < -0.39 is 28.3 Å². The number of nitro groups is 1. The van der Waals surface area contributed by atoms with Crippen molar-refractivity contribution in [1.29, 1.82) is 0 Å². The Labute approximate surface area is 151 Å². The van der Waals surface area contributed by atoms with E-state index in [1.807, 2.05) is 0 Å². The molecule has 132 valence electrons. The Morgan fingerprint density at radius 1 is 1.32 bits per heavy atom. The smallest absolute Gasteiger partial charge is 0.292 e. The number of pyridine rings is 1. The van der Waals surface area contributed by atoms with E-state index in [-0.39, 0.29) is 16.4 Å². The van der Waals surface area contributed by atoms with Crippen LogP contribution in [0.4, 0.5) is 24.5 Å². The van der Waals surface area contributed by atoms with E-state index in [1.54, 1.807) is 0 Å². The molecule has 2 rings (SSSR count). The second-order valence-corrected chi connectivity index (χ2v) is 5.83. The van der Waals surface area contributed by atoms with Gasteiger partial charge >= 0.3 is 6.18 Å². The number of amides is 1. The number of benzene rings is 1. The number of nitro benzene ring substituents is 1. The van der Waals surface area contributed by atoms with Crippen molar-refractivity contribution in [1.82, 2.24) is 10.4 Å². The van der Waals surface area contributed by atoms with Crippen LogP contribution in [0.2, 0.25) is 5.15 Å². The van der Waals surface area contributed by atoms with Crippen molar-refractivity contribution in [3.63, 3.8) is 0 Å². The number of rotatable bonds is 4. The molecule has 0 aliphatic rings. The summed E-state index contributed by atoms with van der Waals surface area (Å²) in [6, 6.07) is 3.20. The van der Waals surface area contributed by atoms with Gasteiger partial charge in [0.1, 0.15) is 10.8 Å². The molecular formula is C13H7BrClF3N4O3. The second-order valence-electron chi connectivity index (χ2n) is 4.56. The zero-order valence-electron chi connectivity index (χ0n) is 11.9. The van der Waals surface area contributed by atoms with Crippen LogP contribution in [0.5, 0.6) is 0 Å². The molecule has 0 atom stereocenters. The normalized spacial score (nSPS) is 11.1. The number of hydrogen-bond acceptors (Lipinski definition) is 5. The highest BCUT2D eigenvalue weighted by atomic mass is 79.9. The molecule has 0 aliphatic heterocycles. The lowest BCUT2D eigenvalue weighted by Crippen LogP contribution is -2.30. The first-order valence-corrected chi connectivity index (χ1v) is 7.49. The zero-order chi connectivity index (χ0) is 18.8. The van der Waals surface area contributed by atoms with E-state index in [0.717, 1.165) is 6.07 Å². The molecule has 1 amide bonds. The summed E-state index contributed by atoms with van der Waals surface area (Å²) in [5, 5.41) is 10.8. The third-order valence-corrected chi connectivity index (χ3v) is 3.62. The number of carbonyl (C=O) groups excluding carboxylic acids is 1. The van der Waals surface area contributed by atoms with Crippen molar-refractivity contribution >= 4 is 44.8 Å². The van der Waals surface area contributed by atoms with Gasteiger partial charge in [0, 0.05) is 16.7 Å². The number of carbonyl (C=O) groups is 1. The van der Waals surface area contributed by atoms with Gasteiger partial charge in [0.15, 0.2) is 0 Å². The number of halogens is 5. The van der Waals surface area contributed by atoms with E-state index in [0.29, 0.717) is 16.6 Å². The number of hydrogen-bond donors (Lipinski definition) is 2. The SMILES string of the molecule is O=C(NNc1ccc(C(F)(F)F)cc1[N+](=O)[O-])c1cc(Br)cnc1Cl. The first-order valence-electron chi connectivity index (χ1n) is 6.32. The van der Waals surface area contributed by atoms with E-state index in [4.69, 9.17) is 11.6 Å². The van der Waals surface area contributed by atoms with Crippen LogP contribution >= 0.6 is 27.5 Å². The third kappa shape index (κ3) is 4.57. The van der Waals surface area contributed by atoms with Crippen molar-refractivity contribution < 1.29 is 22.9 Å². The lowest BCUT2D eigenvalue weighted by atomic mass is 10.1. The van der Waals surface area contributed by atoms with Crippen LogP contribution in [0.25, 0.3) is 0 Å². The lowest BCUT2D eigenvalue weighted by Gasteiger charge is -2.12. The number of aromatic nitrogens is 1. The maximum atomic E-state index is 12.6. The Bertz CT molecular complexity index is 848. The Hall–Kier alpha value is -2.40. The monoisotopic (exact) mass is 438 g/mol. The Morgan fingerprint density at radius 3 is 2.60 bits per heavy atom. The molecule has 0 bridgehead atoms. The molecule has 1 aromatic heterocycles. The van der Waals surface area contributed by atoms with Gasteiger partial charge in [-0.3, -0.25) is 25.8 Å². The Balaban J connectivity index is 2.24. The first-order chi connectivity index (χ1) is 11.6. The quantitative estimate of drug-likeness (QED) is 0.423. The van der Waals surface area contributed by atoms with Crippen LogP contribution in [0.1, 0.15) is 15.9 Å². The fraction of sp³-hybridized carbons (Fsp3) is 0.0769. The summed E-state index contributed by atoms with van der Waals surface area (Å²) < 4.78 is 38.4. The van der Waals surface area contributed by atoms with Gasteiger partial charge in [0.05, 0.1) is 16.1 Å². The molecule has 0 saturated carbocycles. The summed E-state index contributed by atoms with van der Waals surface area (Å²) in [6.45, 7) is 0. The van der Waals surface area contributed by atoms with Gasteiger partial charge in [-0.25, -0.2) is 4.98 Å². The minimum atomic E-state index is -4.73. The largest absolute Gasteiger partial charge is 0.416 e. The van der Waals surface area contributed by atoms with Gasteiger partial charge in [0.25, 0.3) is 11.6 Å². The molecule has 0 fully saturated rings. The van der Waals surface area contributed by atoms with Crippen molar-refractivity contribution in [2.24, 2.45) is 0 Å². The highest BCUT2D eigenvalue weighted by Crippen LogP contribution is 2.34. The second kappa shape index (κ2) is 7.23. The van der Waals surface area contributed by atoms with E-state index in [9.17, 15) is 28.1 Å². The summed E-state index contributed by atoms with van der Waals surface area (Å²) >= 11 is 8.87. The average Bonchev–Trinajstić information content (AvgIpc) is 2.53. The molecule has 7 nitrogen and oxygen atoms in total. The topological polar surface area (TPSA) is 97.2 Å². The zero-order valence-corrected chi connectivity index (χ0v) is 14.2.